The van der Waals surface area contributed by atoms with Gasteiger partial charge in [0, 0.05) is 35.7 Å². The highest BCUT2D eigenvalue weighted by atomic mass is 16.5. The lowest BCUT2D eigenvalue weighted by molar-refractivity contribution is -0.138. The van der Waals surface area contributed by atoms with Gasteiger partial charge in [0.1, 0.15) is 0 Å². The van der Waals surface area contributed by atoms with Crippen LogP contribution in [-0.4, -0.2) is 43.4 Å². The number of rotatable bonds is 1. The number of benzene rings is 1. The fourth-order valence-electron chi connectivity index (χ4n) is 4.21. The fourth-order valence-corrected chi connectivity index (χ4v) is 4.21. The van der Waals surface area contributed by atoms with Crippen LogP contribution in [0.2, 0.25) is 0 Å². The summed E-state index contributed by atoms with van der Waals surface area (Å²) in [6, 6.07) is -0.547. The predicted octanol–water partition coefficient (Wildman–Crippen LogP) is 1.93. The molecule has 4 nitrogen and oxygen atoms in total. The number of piperidine rings is 1. The monoisotopic (exact) mass is 311 g/mol. The molecule has 2 heterocycles. The topological polar surface area (TPSA) is 38.8 Å². The molecule has 4 heteroatoms. The number of carbonyl (C=O) groups is 1. The Labute approximate surface area is 147 Å². The highest BCUT2D eigenvalue weighted by Crippen LogP contribution is 2.62. The molecule has 5 rings (SSSR count). The number of nitrogens with zero attached hydrogens (tertiary/aromatic N) is 1. The quantitative estimate of drug-likeness (QED) is 0.794. The summed E-state index contributed by atoms with van der Waals surface area (Å²) in [4.78, 5) is 13.8. The lowest BCUT2D eigenvalue weighted by Gasteiger charge is -2.57. The van der Waals surface area contributed by atoms with Crippen LogP contribution in [0.4, 0.5) is 0 Å². The lowest BCUT2D eigenvalue weighted by Crippen LogP contribution is -2.65. The van der Waals surface area contributed by atoms with Gasteiger partial charge in [0.15, 0.2) is 23.4 Å². The van der Waals surface area contributed by atoms with Gasteiger partial charge >= 0.3 is 0 Å². The van der Waals surface area contributed by atoms with Gasteiger partial charge < -0.3 is 14.4 Å². The summed E-state index contributed by atoms with van der Waals surface area (Å²) in [5.74, 6) is -4.13. The standard InChI is InChI=1S/C18H21NO3/c1-19-8-7-18-11-4-5-13(20)17(18)22-16-14(21-2)6-3-10(15(16)18)9-12(11)19/h3,6,11-12,17H,4-5,7-9H2,1-2H3/t11-,12+,17?,18-/m0/s1/i1D3,2D3,5D2,9D2,11D,12D. The SMILES string of the molecule is [2H]C([2H])([2H])Oc1ccc2c3c1OC1C(=O)C([2H])([2H])C[C@]4([2H])[C@@]31CCN(C([2H])([2H])[2H])[C@]4([2H])C2([2H])[2H]. The van der Waals surface area contributed by atoms with Crippen LogP contribution in [0.15, 0.2) is 12.1 Å². The number of ether oxygens (including phenoxy) is 2. The van der Waals surface area contributed by atoms with E-state index in [9.17, 15) is 7.54 Å². The van der Waals surface area contributed by atoms with Crippen molar-refractivity contribution in [2.45, 2.75) is 43.1 Å². The zero-order valence-corrected chi connectivity index (χ0v) is 11.5. The second-order valence-corrected chi connectivity index (χ2v) is 5.96. The van der Waals surface area contributed by atoms with Gasteiger partial charge in [0.25, 0.3) is 0 Å². The normalized spacial score (nSPS) is 58.9. The van der Waals surface area contributed by atoms with E-state index < -0.39 is 62.4 Å². The molecule has 2 bridgehead atoms. The molecule has 1 spiro atoms. The summed E-state index contributed by atoms with van der Waals surface area (Å²) < 4.78 is 110. The Kier molecular flexibility index (Phi) is 1.07. The Hall–Kier alpha value is -1.55. The number of ketones is 1. The van der Waals surface area contributed by atoms with E-state index >= 15 is 0 Å². The summed E-state index contributed by atoms with van der Waals surface area (Å²) in [5.41, 5.74) is -2.00. The van der Waals surface area contributed by atoms with Crippen LogP contribution in [0.3, 0.4) is 0 Å². The average molecular weight is 311 g/mol. The van der Waals surface area contributed by atoms with Gasteiger partial charge in [-0.25, -0.2) is 0 Å². The molecule has 2 aliphatic heterocycles. The van der Waals surface area contributed by atoms with Gasteiger partial charge in [-0.1, -0.05) is 6.07 Å². The Morgan fingerprint density at radius 2 is 2.55 bits per heavy atom. The number of likely N-dealkylation sites (N-methyl/N-ethyl adjacent to an activating group) is 1. The molecule has 1 saturated heterocycles. The van der Waals surface area contributed by atoms with Crippen LogP contribution < -0.4 is 9.47 Å². The van der Waals surface area contributed by atoms with Gasteiger partial charge in [-0.05, 0) is 50.3 Å². The summed E-state index contributed by atoms with van der Waals surface area (Å²) in [6.45, 7) is -3.38. The fraction of sp³-hybridized carbons (Fsp3) is 0.611. The van der Waals surface area contributed by atoms with Crippen molar-refractivity contribution in [3.63, 3.8) is 0 Å². The molecule has 0 radical (unpaired) electrons. The van der Waals surface area contributed by atoms with E-state index in [0.29, 0.717) is 4.90 Å². The molecule has 0 amide bonds. The molecule has 1 aromatic carbocycles. The zero-order valence-electron chi connectivity index (χ0n) is 23.5. The molecule has 4 atom stereocenters. The predicted molar refractivity (Wildman–Crippen MR) is 81.6 cm³/mol. The minimum atomic E-state index is -2.99. The second kappa shape index (κ2) is 4.05. The maximum absolute atomic E-state index is 13.2. The number of carbonyl (C=O) groups excluding carboxylic acids is 1. The number of likely N-dealkylation sites (tertiary alicyclic amines) is 1. The third-order valence-corrected chi connectivity index (χ3v) is 5.12. The molecule has 116 valence electrons. The molecule has 0 N–H and O–H groups in total. The van der Waals surface area contributed by atoms with Crippen LogP contribution in [0, 0.1) is 5.89 Å². The summed E-state index contributed by atoms with van der Waals surface area (Å²) >= 11 is 0. The Bertz CT molecular complexity index is 1120. The molecule has 1 saturated carbocycles. The van der Waals surface area contributed by atoms with Crippen molar-refractivity contribution in [1.82, 2.24) is 4.90 Å². The summed E-state index contributed by atoms with van der Waals surface area (Å²) in [7, 11) is -2.92. The highest BCUT2D eigenvalue weighted by molar-refractivity contribution is 5.89. The molecular formula is C18H21NO3. The first kappa shape index (κ1) is 5.82. The Morgan fingerprint density at radius 3 is 3.41 bits per heavy atom. The minimum absolute atomic E-state index is 0.0174. The van der Waals surface area contributed by atoms with Crippen LogP contribution in [0.25, 0.3) is 0 Å². The average Bonchev–Trinajstić information content (AvgIpc) is 2.99. The number of Topliss-reactive ketones (excluding diaryl/α,β-unsaturated/α-hetero) is 1. The number of methoxy groups -OCH3 is 1. The zero-order chi connectivity index (χ0) is 25.5. The molecule has 2 fully saturated rings. The van der Waals surface area contributed by atoms with E-state index in [4.69, 9.17) is 23.2 Å². The molecule has 0 aromatic heterocycles. The smallest absolute Gasteiger partial charge is 0.174 e. The van der Waals surface area contributed by atoms with Crippen LogP contribution in [0.1, 0.15) is 46.8 Å². The number of hydrogen-bond acceptors (Lipinski definition) is 4. The van der Waals surface area contributed by atoms with Crippen LogP contribution in [0.5, 0.6) is 11.5 Å². The molecule has 1 unspecified atom stereocenters. The Morgan fingerprint density at radius 1 is 1.59 bits per heavy atom. The van der Waals surface area contributed by atoms with Crippen molar-refractivity contribution in [2.24, 2.45) is 5.89 Å². The summed E-state index contributed by atoms with van der Waals surface area (Å²) in [6.07, 6.45) is -8.39. The minimum Gasteiger partial charge on any atom is -0.493 e. The first-order chi connectivity index (χ1) is 15.3. The highest BCUT2D eigenvalue weighted by Gasteiger charge is 2.65. The number of hydrogen-bond donors (Lipinski definition) is 0. The van der Waals surface area contributed by atoms with Gasteiger partial charge in [-0.15, -0.1) is 0 Å². The first-order valence-corrected chi connectivity index (χ1v) is 7.11. The van der Waals surface area contributed by atoms with E-state index in [-0.39, 0.29) is 35.6 Å². The second-order valence-electron chi connectivity index (χ2n) is 5.96. The molecular weight excluding hydrogens is 278 g/mol. The van der Waals surface area contributed by atoms with Crippen molar-refractivity contribution in [3.8, 4) is 11.5 Å². The lowest BCUT2D eigenvalue weighted by atomic mass is 9.52. The van der Waals surface area contributed by atoms with Crippen LogP contribution >= 0.6 is 0 Å². The van der Waals surface area contributed by atoms with Gasteiger partial charge in [0.05, 0.1) is 11.2 Å². The van der Waals surface area contributed by atoms with E-state index in [1.165, 1.54) is 6.07 Å². The maximum Gasteiger partial charge on any atom is 0.174 e. The van der Waals surface area contributed by atoms with Crippen molar-refractivity contribution < 1.29 is 30.7 Å². The van der Waals surface area contributed by atoms with E-state index in [2.05, 4.69) is 0 Å². The van der Waals surface area contributed by atoms with E-state index in [1.54, 1.807) is 0 Å². The molecule has 4 aliphatic rings. The van der Waals surface area contributed by atoms with Crippen molar-refractivity contribution in [3.05, 3.63) is 23.3 Å². The summed E-state index contributed by atoms with van der Waals surface area (Å²) in [5, 5.41) is 0. The van der Waals surface area contributed by atoms with E-state index in [0.717, 1.165) is 6.07 Å². The molecule has 22 heavy (non-hydrogen) atoms. The first-order valence-electron chi connectivity index (χ1n) is 13.1. The van der Waals surface area contributed by atoms with Crippen molar-refractivity contribution in [1.29, 1.82) is 0 Å². The molecule has 2 aliphatic carbocycles. The van der Waals surface area contributed by atoms with Crippen molar-refractivity contribution >= 4 is 5.78 Å². The maximum atomic E-state index is 13.2. The van der Waals surface area contributed by atoms with Crippen LogP contribution in [-0.2, 0) is 16.6 Å². The third kappa shape index (κ3) is 1.27. The third-order valence-electron chi connectivity index (χ3n) is 5.12. The van der Waals surface area contributed by atoms with Gasteiger partial charge in [-0.3, -0.25) is 4.79 Å². The van der Waals surface area contributed by atoms with Crippen molar-refractivity contribution in [2.75, 3.05) is 20.6 Å². The molecule has 1 aromatic rings. The van der Waals surface area contributed by atoms with Gasteiger partial charge in [0.2, 0.25) is 0 Å². The largest absolute Gasteiger partial charge is 0.493 e. The van der Waals surface area contributed by atoms with Gasteiger partial charge in [-0.2, -0.15) is 0 Å². The Balaban J connectivity index is 1.91. The van der Waals surface area contributed by atoms with E-state index in [1.807, 2.05) is 0 Å².